The fourth-order valence-corrected chi connectivity index (χ4v) is 1.69. The van der Waals surface area contributed by atoms with Gasteiger partial charge in [-0.3, -0.25) is 20.2 Å². The van der Waals surface area contributed by atoms with Crippen molar-refractivity contribution in [2.45, 2.75) is 19.0 Å². The van der Waals surface area contributed by atoms with Crippen LogP contribution in [0.15, 0.2) is 12.1 Å². The summed E-state index contributed by atoms with van der Waals surface area (Å²) in [6.07, 6.45) is -5.50. The van der Waals surface area contributed by atoms with E-state index in [0.717, 1.165) is 0 Å². The number of halogens is 3. The number of alkyl halides is 3. The Hall–Kier alpha value is -1.92. The maximum atomic E-state index is 12.7. The van der Waals surface area contributed by atoms with E-state index < -0.39 is 51.0 Å². The molecular formula is C11H9F3N3NaO6. The first-order chi connectivity index (χ1) is 10.5. The largest absolute Gasteiger partial charge is 1.00 e. The summed E-state index contributed by atoms with van der Waals surface area (Å²) in [5, 5.41) is 34.2. The third-order valence-electron chi connectivity index (χ3n) is 2.68. The van der Waals surface area contributed by atoms with E-state index in [1.165, 1.54) is 0 Å². The maximum Gasteiger partial charge on any atom is 1.00 e. The molecule has 1 aromatic rings. The van der Waals surface area contributed by atoms with Gasteiger partial charge in [0.25, 0.3) is 11.4 Å². The van der Waals surface area contributed by atoms with Crippen molar-refractivity contribution in [1.29, 1.82) is 0 Å². The van der Waals surface area contributed by atoms with Gasteiger partial charge in [-0.2, -0.15) is 13.2 Å². The normalized spacial score (nSPS) is 10.6. The third kappa shape index (κ3) is 5.94. The van der Waals surface area contributed by atoms with Crippen LogP contribution in [-0.4, -0.2) is 22.4 Å². The van der Waals surface area contributed by atoms with Crippen molar-refractivity contribution in [3.63, 3.8) is 0 Å². The summed E-state index contributed by atoms with van der Waals surface area (Å²) in [6.45, 7) is -0.235. The van der Waals surface area contributed by atoms with Crippen molar-refractivity contribution in [1.82, 2.24) is 0 Å². The van der Waals surface area contributed by atoms with E-state index in [9.17, 15) is 43.3 Å². The molecule has 0 aromatic heterocycles. The van der Waals surface area contributed by atoms with Crippen LogP contribution < -0.4 is 40.0 Å². The van der Waals surface area contributed by atoms with E-state index in [0.29, 0.717) is 0 Å². The average molecular weight is 359 g/mol. The zero-order valence-electron chi connectivity index (χ0n) is 12.3. The van der Waals surface area contributed by atoms with Gasteiger partial charge in [0.15, 0.2) is 5.69 Å². The molecule has 24 heavy (non-hydrogen) atoms. The number of carboxylic acid groups (broad SMARTS) is 1. The van der Waals surface area contributed by atoms with Gasteiger partial charge in [-0.25, -0.2) is 0 Å². The Bertz CT molecular complexity index is 617. The molecule has 126 valence electrons. The van der Waals surface area contributed by atoms with E-state index in [1.54, 1.807) is 0 Å². The monoisotopic (exact) mass is 359 g/mol. The second-order valence-electron chi connectivity index (χ2n) is 4.30. The molecule has 0 fully saturated rings. The van der Waals surface area contributed by atoms with Gasteiger partial charge in [-0.1, -0.05) is 0 Å². The Kier molecular flexibility index (Phi) is 8.10. The predicted octanol–water partition coefficient (Wildman–Crippen LogP) is -1.53. The molecule has 0 aliphatic rings. The van der Waals surface area contributed by atoms with Gasteiger partial charge in [-0.05, 0) is 12.8 Å². The molecule has 0 atom stereocenters. The van der Waals surface area contributed by atoms with Crippen molar-refractivity contribution >= 4 is 23.0 Å². The summed E-state index contributed by atoms with van der Waals surface area (Å²) >= 11 is 0. The Morgan fingerprint density at radius 2 is 1.58 bits per heavy atom. The molecule has 0 saturated carbocycles. The molecular weight excluding hydrogens is 350 g/mol. The van der Waals surface area contributed by atoms with Gasteiger partial charge in [-0.15, -0.1) is 0 Å². The Morgan fingerprint density at radius 3 is 1.92 bits per heavy atom. The average Bonchev–Trinajstić information content (AvgIpc) is 2.41. The molecule has 0 heterocycles. The molecule has 0 saturated heterocycles. The Balaban J connectivity index is 0.00000529. The Morgan fingerprint density at radius 1 is 1.12 bits per heavy atom. The van der Waals surface area contributed by atoms with E-state index in [2.05, 4.69) is 5.32 Å². The van der Waals surface area contributed by atoms with Crippen LogP contribution in [0, 0.1) is 20.2 Å². The molecule has 1 N–H and O–H groups in total. The molecule has 9 nitrogen and oxygen atoms in total. The van der Waals surface area contributed by atoms with Crippen LogP contribution in [0.3, 0.4) is 0 Å². The van der Waals surface area contributed by atoms with Gasteiger partial charge in [0.2, 0.25) is 0 Å². The van der Waals surface area contributed by atoms with Crippen LogP contribution in [-0.2, 0) is 11.0 Å². The number of aliphatic carboxylic acids is 1. The zero-order valence-corrected chi connectivity index (χ0v) is 14.3. The molecule has 0 spiro atoms. The standard InChI is InChI=1S/C11H10F3N3O6.Na/c12-11(13,14)6-4-7(16(20)21)10(8(5-6)17(22)23)15-3-1-2-9(18)19;/h4-5,15H,1-3H2,(H,18,19);/q;+1/p-1. The molecule has 0 bridgehead atoms. The SMILES string of the molecule is O=C([O-])CCCNc1c([N+](=O)[O-])cc(C(F)(F)F)cc1[N+](=O)[O-].[Na+]. The number of carboxylic acids is 1. The molecule has 1 aromatic carbocycles. The van der Waals surface area contributed by atoms with Crippen LogP contribution in [0.5, 0.6) is 0 Å². The quantitative estimate of drug-likeness (QED) is 0.270. The van der Waals surface area contributed by atoms with E-state index in [4.69, 9.17) is 0 Å². The Labute approximate surface area is 154 Å². The summed E-state index contributed by atoms with van der Waals surface area (Å²) in [5.41, 5.74) is -4.50. The van der Waals surface area contributed by atoms with Crippen LogP contribution in [0.25, 0.3) is 0 Å². The van der Waals surface area contributed by atoms with Crippen molar-refractivity contribution < 1.29 is 62.5 Å². The van der Waals surface area contributed by atoms with Gasteiger partial charge < -0.3 is 15.2 Å². The number of nitro benzene ring substituents is 2. The van der Waals surface area contributed by atoms with Crippen molar-refractivity contribution in [3.8, 4) is 0 Å². The molecule has 0 aliphatic carbocycles. The molecule has 0 radical (unpaired) electrons. The van der Waals surface area contributed by atoms with Crippen LogP contribution in [0.4, 0.5) is 30.2 Å². The third-order valence-corrected chi connectivity index (χ3v) is 2.68. The number of carbonyl (C=O) groups excluding carboxylic acids is 1. The molecule has 0 unspecified atom stereocenters. The van der Waals surface area contributed by atoms with Crippen LogP contribution in [0.2, 0.25) is 0 Å². The van der Waals surface area contributed by atoms with Crippen molar-refractivity contribution in [3.05, 3.63) is 37.9 Å². The summed E-state index contributed by atoms with van der Waals surface area (Å²) in [6, 6.07) is 0.349. The second kappa shape index (κ2) is 8.80. The fourth-order valence-electron chi connectivity index (χ4n) is 1.69. The zero-order chi connectivity index (χ0) is 17.8. The van der Waals surface area contributed by atoms with Gasteiger partial charge >= 0.3 is 35.7 Å². The first-order valence-corrected chi connectivity index (χ1v) is 6.01. The number of nitro groups is 2. The van der Waals surface area contributed by atoms with E-state index in [-0.39, 0.29) is 54.7 Å². The number of hydrogen-bond acceptors (Lipinski definition) is 7. The second-order valence-corrected chi connectivity index (χ2v) is 4.30. The first-order valence-electron chi connectivity index (χ1n) is 6.01. The molecule has 0 amide bonds. The predicted molar refractivity (Wildman–Crippen MR) is 67.5 cm³/mol. The number of nitrogens with zero attached hydrogens (tertiary/aromatic N) is 2. The van der Waals surface area contributed by atoms with Gasteiger partial charge in [0, 0.05) is 24.6 Å². The maximum absolute atomic E-state index is 12.7. The fraction of sp³-hybridized carbons (Fsp3) is 0.364. The smallest absolute Gasteiger partial charge is 0.550 e. The topological polar surface area (TPSA) is 138 Å². The number of rotatable bonds is 7. The number of hydrogen-bond donors (Lipinski definition) is 1. The minimum Gasteiger partial charge on any atom is -0.550 e. The minimum absolute atomic E-state index is 0. The number of carbonyl (C=O) groups is 1. The summed E-state index contributed by atoms with van der Waals surface area (Å²) in [7, 11) is 0. The summed E-state index contributed by atoms with van der Waals surface area (Å²) < 4.78 is 38.0. The first kappa shape index (κ1) is 22.1. The minimum atomic E-state index is -5.00. The number of nitrogens with one attached hydrogen (secondary N) is 1. The summed E-state index contributed by atoms with van der Waals surface area (Å²) in [4.78, 5) is 29.6. The van der Waals surface area contributed by atoms with Gasteiger partial charge in [0.1, 0.15) is 0 Å². The van der Waals surface area contributed by atoms with Crippen molar-refractivity contribution in [2.24, 2.45) is 0 Å². The molecule has 0 aliphatic heterocycles. The van der Waals surface area contributed by atoms with E-state index >= 15 is 0 Å². The van der Waals surface area contributed by atoms with Crippen molar-refractivity contribution in [2.75, 3.05) is 11.9 Å². The van der Waals surface area contributed by atoms with Crippen LogP contribution in [0.1, 0.15) is 18.4 Å². The number of anilines is 1. The number of benzene rings is 1. The molecule has 1 rings (SSSR count). The molecule has 13 heteroatoms. The van der Waals surface area contributed by atoms with E-state index in [1.807, 2.05) is 0 Å². The van der Waals surface area contributed by atoms with Crippen LogP contribution >= 0.6 is 0 Å². The summed E-state index contributed by atoms with van der Waals surface area (Å²) in [5.74, 6) is -1.40. The van der Waals surface area contributed by atoms with Gasteiger partial charge in [0.05, 0.1) is 15.4 Å².